The molecule has 1 heterocycles. The Hall–Kier alpha value is -3.42. The zero-order valence-corrected chi connectivity index (χ0v) is 14.7. The van der Waals surface area contributed by atoms with E-state index in [9.17, 15) is 18.0 Å². The number of esters is 1. The zero-order chi connectivity index (χ0) is 20.3. The van der Waals surface area contributed by atoms with Crippen LogP contribution in [0.1, 0.15) is 6.92 Å². The average molecular weight is 392 g/mol. The van der Waals surface area contributed by atoms with Crippen LogP contribution in [-0.4, -0.2) is 19.1 Å². The molecule has 3 aromatic rings. The summed E-state index contributed by atoms with van der Waals surface area (Å²) < 4.78 is 57.7. The highest BCUT2D eigenvalue weighted by molar-refractivity contribution is 5.87. The molecule has 0 saturated heterocycles. The average Bonchev–Trinajstić information content (AvgIpc) is 3.03. The van der Waals surface area contributed by atoms with Crippen molar-refractivity contribution in [2.24, 2.45) is 0 Å². The lowest BCUT2D eigenvalue weighted by molar-refractivity contribution is -0.274. The Kier molecular flexibility index (Phi) is 5.30. The van der Waals surface area contributed by atoms with Crippen LogP contribution in [0.4, 0.5) is 13.2 Å². The number of rotatable bonds is 6. The van der Waals surface area contributed by atoms with Crippen LogP contribution in [-0.2, 0) is 9.53 Å². The minimum Gasteiger partial charge on any atom is -0.457 e. The van der Waals surface area contributed by atoms with Gasteiger partial charge in [-0.3, -0.25) is 0 Å². The molecular formula is C20H15F3O5. The van der Waals surface area contributed by atoms with E-state index in [1.165, 1.54) is 25.1 Å². The van der Waals surface area contributed by atoms with Gasteiger partial charge in [0.25, 0.3) is 0 Å². The summed E-state index contributed by atoms with van der Waals surface area (Å²) >= 11 is 0. The van der Waals surface area contributed by atoms with Crippen LogP contribution >= 0.6 is 0 Å². The lowest BCUT2D eigenvalue weighted by Crippen LogP contribution is -2.17. The summed E-state index contributed by atoms with van der Waals surface area (Å²) in [5.74, 6) is -0.372. The number of benzene rings is 2. The number of hydrogen-bond acceptors (Lipinski definition) is 5. The molecular weight excluding hydrogens is 377 g/mol. The fourth-order valence-corrected chi connectivity index (χ4v) is 2.39. The molecule has 146 valence electrons. The summed E-state index contributed by atoms with van der Waals surface area (Å²) in [6.45, 7) is 4.66. The van der Waals surface area contributed by atoms with Gasteiger partial charge in [-0.05, 0) is 37.3 Å². The van der Waals surface area contributed by atoms with Gasteiger partial charge in [0.2, 0.25) is 6.79 Å². The van der Waals surface area contributed by atoms with E-state index in [-0.39, 0.29) is 29.4 Å². The summed E-state index contributed by atoms with van der Waals surface area (Å²) in [5.41, 5.74) is 0.795. The Bertz CT molecular complexity index is 1020. The summed E-state index contributed by atoms with van der Waals surface area (Å²) in [7, 11) is 0. The van der Waals surface area contributed by atoms with E-state index >= 15 is 0 Å². The second kappa shape index (κ2) is 7.67. The van der Waals surface area contributed by atoms with E-state index in [4.69, 9.17) is 13.9 Å². The van der Waals surface area contributed by atoms with Crippen molar-refractivity contribution in [2.75, 3.05) is 6.79 Å². The van der Waals surface area contributed by atoms with Crippen LogP contribution in [0, 0.1) is 0 Å². The molecule has 0 unspecified atom stereocenters. The Balaban J connectivity index is 1.82. The molecule has 0 aliphatic rings. The minimum atomic E-state index is -4.82. The van der Waals surface area contributed by atoms with Crippen molar-refractivity contribution in [3.05, 3.63) is 60.7 Å². The summed E-state index contributed by atoms with van der Waals surface area (Å²) in [4.78, 5) is 11.3. The number of para-hydroxylation sites is 1. The van der Waals surface area contributed by atoms with Gasteiger partial charge in [-0.2, -0.15) is 0 Å². The van der Waals surface area contributed by atoms with E-state index in [0.717, 1.165) is 0 Å². The van der Waals surface area contributed by atoms with Crippen molar-refractivity contribution in [3.63, 3.8) is 0 Å². The fraction of sp³-hybridized carbons (Fsp3) is 0.150. The van der Waals surface area contributed by atoms with Crippen molar-refractivity contribution >= 4 is 16.9 Å². The maximum atomic E-state index is 12.6. The van der Waals surface area contributed by atoms with Gasteiger partial charge in [0.05, 0.1) is 5.56 Å². The molecule has 8 heteroatoms. The van der Waals surface area contributed by atoms with Gasteiger partial charge in [0.15, 0.2) is 0 Å². The predicted molar refractivity (Wildman–Crippen MR) is 94.7 cm³/mol. The second-order valence-electron chi connectivity index (χ2n) is 5.83. The molecule has 0 radical (unpaired) electrons. The van der Waals surface area contributed by atoms with E-state index in [2.05, 4.69) is 11.3 Å². The fourth-order valence-electron chi connectivity index (χ4n) is 2.39. The second-order valence-corrected chi connectivity index (χ2v) is 5.83. The predicted octanol–water partition coefficient (Wildman–Crippen LogP) is 5.45. The SMILES string of the molecule is C=C(C)C(=O)OCOc1ccc2cc(-c3ccccc3OC(F)(F)F)oc2c1. The molecule has 0 bridgehead atoms. The maximum absolute atomic E-state index is 12.6. The molecule has 0 N–H and O–H groups in total. The monoisotopic (exact) mass is 392 g/mol. The van der Waals surface area contributed by atoms with Gasteiger partial charge >= 0.3 is 12.3 Å². The number of fused-ring (bicyclic) bond motifs is 1. The van der Waals surface area contributed by atoms with E-state index in [1.807, 2.05) is 0 Å². The topological polar surface area (TPSA) is 57.9 Å². The molecule has 0 spiro atoms. The van der Waals surface area contributed by atoms with Crippen molar-refractivity contribution in [1.82, 2.24) is 0 Å². The van der Waals surface area contributed by atoms with Gasteiger partial charge in [-0.15, -0.1) is 13.2 Å². The molecule has 0 atom stereocenters. The number of hydrogen-bond donors (Lipinski definition) is 0. The highest BCUT2D eigenvalue weighted by Gasteiger charge is 2.32. The van der Waals surface area contributed by atoms with Crippen LogP contribution in [0.5, 0.6) is 11.5 Å². The number of carbonyl (C=O) groups is 1. The first-order valence-corrected chi connectivity index (χ1v) is 8.07. The van der Waals surface area contributed by atoms with Gasteiger partial charge < -0.3 is 18.6 Å². The van der Waals surface area contributed by atoms with Crippen LogP contribution in [0.2, 0.25) is 0 Å². The highest BCUT2D eigenvalue weighted by atomic mass is 19.4. The molecule has 2 aromatic carbocycles. The van der Waals surface area contributed by atoms with Crippen molar-refractivity contribution in [1.29, 1.82) is 0 Å². The number of alkyl halides is 3. The van der Waals surface area contributed by atoms with Gasteiger partial charge in [-0.25, -0.2) is 4.79 Å². The van der Waals surface area contributed by atoms with Crippen LogP contribution in [0.25, 0.3) is 22.3 Å². The van der Waals surface area contributed by atoms with E-state index < -0.39 is 12.3 Å². The smallest absolute Gasteiger partial charge is 0.457 e. The summed E-state index contributed by atoms with van der Waals surface area (Å²) in [5, 5.41) is 0.656. The minimum absolute atomic E-state index is 0.161. The van der Waals surface area contributed by atoms with Crippen molar-refractivity contribution in [2.45, 2.75) is 13.3 Å². The summed E-state index contributed by atoms with van der Waals surface area (Å²) in [6, 6.07) is 12.1. The number of ether oxygens (including phenoxy) is 3. The lowest BCUT2D eigenvalue weighted by Gasteiger charge is -2.11. The third kappa shape index (κ3) is 4.64. The number of carbonyl (C=O) groups excluding carboxylic acids is 1. The first kappa shape index (κ1) is 19.3. The van der Waals surface area contributed by atoms with Crippen LogP contribution < -0.4 is 9.47 Å². The van der Waals surface area contributed by atoms with E-state index in [1.54, 1.807) is 30.3 Å². The molecule has 28 heavy (non-hydrogen) atoms. The molecule has 0 aliphatic carbocycles. The quantitative estimate of drug-likeness (QED) is 0.317. The molecule has 1 aromatic heterocycles. The standard InChI is InChI=1S/C20H15F3O5/c1-12(2)19(24)26-11-25-14-8-7-13-9-18(27-17(13)10-14)15-5-3-4-6-16(15)28-20(21,22)23/h3-10H,1,11H2,2H3. The van der Waals surface area contributed by atoms with Gasteiger partial charge in [-0.1, -0.05) is 18.7 Å². The van der Waals surface area contributed by atoms with Gasteiger partial charge in [0, 0.05) is 17.0 Å². The molecule has 5 nitrogen and oxygen atoms in total. The van der Waals surface area contributed by atoms with Crippen LogP contribution in [0.3, 0.4) is 0 Å². The molecule has 0 saturated carbocycles. The zero-order valence-electron chi connectivity index (χ0n) is 14.7. The lowest BCUT2D eigenvalue weighted by atomic mass is 10.1. The number of furan rings is 1. The maximum Gasteiger partial charge on any atom is 0.573 e. The largest absolute Gasteiger partial charge is 0.573 e. The Morgan fingerprint density at radius 2 is 1.89 bits per heavy atom. The van der Waals surface area contributed by atoms with E-state index in [0.29, 0.717) is 16.7 Å². The Morgan fingerprint density at radius 1 is 1.14 bits per heavy atom. The third-order valence-electron chi connectivity index (χ3n) is 3.63. The van der Waals surface area contributed by atoms with Crippen molar-refractivity contribution < 1.29 is 36.6 Å². The normalized spacial score (nSPS) is 11.3. The molecule has 3 rings (SSSR count). The Labute approximate surface area is 157 Å². The molecule has 0 aliphatic heterocycles. The van der Waals surface area contributed by atoms with Crippen molar-refractivity contribution in [3.8, 4) is 22.8 Å². The molecule has 0 fully saturated rings. The third-order valence-corrected chi connectivity index (χ3v) is 3.63. The molecule has 0 amide bonds. The Morgan fingerprint density at radius 3 is 2.61 bits per heavy atom. The highest BCUT2D eigenvalue weighted by Crippen LogP contribution is 2.37. The van der Waals surface area contributed by atoms with Gasteiger partial charge in [0.1, 0.15) is 22.8 Å². The first-order chi connectivity index (χ1) is 13.2. The first-order valence-electron chi connectivity index (χ1n) is 8.07. The van der Waals surface area contributed by atoms with Crippen LogP contribution in [0.15, 0.2) is 65.1 Å². The number of halogens is 3. The summed E-state index contributed by atoms with van der Waals surface area (Å²) in [6.07, 6.45) is -4.82.